The molecular formula is C15H26BrN3O. The van der Waals surface area contributed by atoms with Crippen molar-refractivity contribution < 1.29 is 4.74 Å². The molecule has 0 aliphatic carbocycles. The average molecular weight is 344 g/mol. The molecule has 1 fully saturated rings. The lowest BCUT2D eigenvalue weighted by Crippen LogP contribution is -2.36. The molecule has 1 aliphatic heterocycles. The molecule has 0 saturated carbocycles. The third-order valence-electron chi connectivity index (χ3n) is 4.02. The van der Waals surface area contributed by atoms with E-state index < -0.39 is 0 Å². The number of likely N-dealkylation sites (N-methyl/N-ethyl adjacent to an activating group) is 1. The third-order valence-corrected chi connectivity index (χ3v) is 5.05. The van der Waals surface area contributed by atoms with Crippen LogP contribution in [0, 0.1) is 6.92 Å². The van der Waals surface area contributed by atoms with E-state index in [1.165, 1.54) is 25.0 Å². The maximum atomic E-state index is 5.88. The standard InChI is InChI=1S/C15H26BrN3O/c1-4-17-12(9-13-7-5-6-8-20-13)10-14-15(16)11(2)18-19(14)3/h12-13,17H,4-10H2,1-3H3. The van der Waals surface area contributed by atoms with E-state index in [1.54, 1.807) is 0 Å². The van der Waals surface area contributed by atoms with Crippen molar-refractivity contribution >= 4 is 15.9 Å². The molecule has 2 unspecified atom stereocenters. The van der Waals surface area contributed by atoms with Gasteiger partial charge in [-0.2, -0.15) is 5.10 Å². The number of aromatic nitrogens is 2. The van der Waals surface area contributed by atoms with Gasteiger partial charge in [0.15, 0.2) is 0 Å². The van der Waals surface area contributed by atoms with Gasteiger partial charge >= 0.3 is 0 Å². The number of hydrogen-bond acceptors (Lipinski definition) is 3. The molecule has 4 nitrogen and oxygen atoms in total. The number of rotatable bonds is 6. The largest absolute Gasteiger partial charge is 0.378 e. The number of ether oxygens (including phenoxy) is 1. The first kappa shape index (κ1) is 16.0. The van der Waals surface area contributed by atoms with Crippen LogP contribution in [0.1, 0.15) is 44.0 Å². The van der Waals surface area contributed by atoms with Crippen molar-refractivity contribution in [3.05, 3.63) is 15.9 Å². The zero-order chi connectivity index (χ0) is 14.5. The monoisotopic (exact) mass is 343 g/mol. The van der Waals surface area contributed by atoms with Crippen LogP contribution in [-0.2, 0) is 18.2 Å². The second-order valence-corrected chi connectivity index (χ2v) is 6.45. The van der Waals surface area contributed by atoms with E-state index in [9.17, 15) is 0 Å². The molecule has 0 spiro atoms. The molecule has 114 valence electrons. The number of nitrogens with one attached hydrogen (secondary N) is 1. The first-order valence-corrected chi connectivity index (χ1v) is 8.44. The topological polar surface area (TPSA) is 39.1 Å². The highest BCUT2D eigenvalue weighted by atomic mass is 79.9. The van der Waals surface area contributed by atoms with Gasteiger partial charge in [0, 0.05) is 26.1 Å². The fourth-order valence-electron chi connectivity index (χ4n) is 2.97. The summed E-state index contributed by atoms with van der Waals surface area (Å²) < 4.78 is 9.02. The van der Waals surface area contributed by atoms with Crippen LogP contribution in [0.5, 0.6) is 0 Å². The summed E-state index contributed by atoms with van der Waals surface area (Å²) in [5, 5.41) is 8.08. The molecule has 1 aliphatic rings. The number of hydrogen-bond donors (Lipinski definition) is 1. The number of aryl methyl sites for hydroxylation is 2. The van der Waals surface area contributed by atoms with Gasteiger partial charge < -0.3 is 10.1 Å². The summed E-state index contributed by atoms with van der Waals surface area (Å²) in [6, 6.07) is 0.453. The zero-order valence-electron chi connectivity index (χ0n) is 12.8. The molecule has 2 heterocycles. The summed E-state index contributed by atoms with van der Waals surface area (Å²) in [5.74, 6) is 0. The van der Waals surface area contributed by atoms with Crippen LogP contribution >= 0.6 is 15.9 Å². The van der Waals surface area contributed by atoms with Crippen LogP contribution in [0.3, 0.4) is 0 Å². The van der Waals surface area contributed by atoms with E-state index in [1.807, 2.05) is 18.7 Å². The lowest BCUT2D eigenvalue weighted by atomic mass is 9.98. The number of nitrogens with zero attached hydrogens (tertiary/aromatic N) is 2. The molecule has 1 N–H and O–H groups in total. The predicted octanol–water partition coefficient (Wildman–Crippen LogP) is 2.97. The molecule has 0 amide bonds. The molecule has 1 aromatic rings. The van der Waals surface area contributed by atoms with E-state index in [-0.39, 0.29) is 0 Å². The van der Waals surface area contributed by atoms with Crippen molar-refractivity contribution in [3.63, 3.8) is 0 Å². The lowest BCUT2D eigenvalue weighted by molar-refractivity contribution is 0.00524. The van der Waals surface area contributed by atoms with Gasteiger partial charge in [0.2, 0.25) is 0 Å². The molecule has 0 bridgehead atoms. The van der Waals surface area contributed by atoms with Crippen LogP contribution in [0.2, 0.25) is 0 Å². The van der Waals surface area contributed by atoms with Crippen LogP contribution in [0.25, 0.3) is 0 Å². The summed E-state index contributed by atoms with van der Waals surface area (Å²) in [5.41, 5.74) is 2.33. The van der Waals surface area contributed by atoms with Gasteiger partial charge in [-0.3, -0.25) is 4.68 Å². The van der Waals surface area contributed by atoms with E-state index in [0.29, 0.717) is 12.1 Å². The smallest absolute Gasteiger partial charge is 0.0738 e. The highest BCUT2D eigenvalue weighted by Gasteiger charge is 2.22. The van der Waals surface area contributed by atoms with Crippen LogP contribution < -0.4 is 5.32 Å². The normalized spacial score (nSPS) is 21.1. The van der Waals surface area contributed by atoms with Gasteiger partial charge in [-0.25, -0.2) is 0 Å². The highest BCUT2D eigenvalue weighted by molar-refractivity contribution is 9.10. The van der Waals surface area contributed by atoms with Crippen molar-refractivity contribution in [1.29, 1.82) is 0 Å². The van der Waals surface area contributed by atoms with E-state index in [2.05, 4.69) is 33.3 Å². The third kappa shape index (κ3) is 4.06. The summed E-state index contributed by atoms with van der Waals surface area (Å²) in [6.45, 7) is 6.13. The molecule has 20 heavy (non-hydrogen) atoms. The average Bonchev–Trinajstić information content (AvgIpc) is 2.67. The van der Waals surface area contributed by atoms with Gasteiger partial charge in [0.25, 0.3) is 0 Å². The Hall–Kier alpha value is -0.390. The minimum Gasteiger partial charge on any atom is -0.378 e. The molecule has 0 aromatic carbocycles. The fourth-order valence-corrected chi connectivity index (χ4v) is 3.47. The summed E-state index contributed by atoms with van der Waals surface area (Å²) >= 11 is 3.66. The first-order valence-electron chi connectivity index (χ1n) is 7.64. The van der Waals surface area contributed by atoms with Gasteiger partial charge in [0.1, 0.15) is 0 Å². The molecule has 2 atom stereocenters. The Morgan fingerprint density at radius 3 is 2.85 bits per heavy atom. The second-order valence-electron chi connectivity index (χ2n) is 5.65. The first-order chi connectivity index (χ1) is 9.61. The summed E-state index contributed by atoms with van der Waals surface area (Å²) in [7, 11) is 2.02. The minimum absolute atomic E-state index is 0.417. The van der Waals surface area contributed by atoms with Gasteiger partial charge in [-0.1, -0.05) is 6.92 Å². The maximum absolute atomic E-state index is 5.88. The molecule has 0 radical (unpaired) electrons. The van der Waals surface area contributed by atoms with Crippen molar-refractivity contribution in [2.45, 2.75) is 58.1 Å². The Kier molecular flexibility index (Phi) is 6.05. The Balaban J connectivity index is 2.00. The number of halogens is 1. The molecular weight excluding hydrogens is 318 g/mol. The minimum atomic E-state index is 0.417. The zero-order valence-corrected chi connectivity index (χ0v) is 14.4. The Bertz CT molecular complexity index is 427. The highest BCUT2D eigenvalue weighted by Crippen LogP contribution is 2.24. The SMILES string of the molecule is CCNC(Cc1c(Br)c(C)nn1C)CC1CCCCO1. The molecule has 2 rings (SSSR count). The van der Waals surface area contributed by atoms with Crippen LogP contribution in [-0.4, -0.2) is 35.1 Å². The molecule has 1 saturated heterocycles. The van der Waals surface area contributed by atoms with E-state index in [4.69, 9.17) is 4.74 Å². The maximum Gasteiger partial charge on any atom is 0.0738 e. The Labute approximate surface area is 130 Å². The molecule has 1 aromatic heterocycles. The second kappa shape index (κ2) is 7.57. The van der Waals surface area contributed by atoms with Crippen molar-refractivity contribution in [3.8, 4) is 0 Å². The summed E-state index contributed by atoms with van der Waals surface area (Å²) in [6.07, 6.45) is 6.22. The predicted molar refractivity (Wildman–Crippen MR) is 85.0 cm³/mol. The van der Waals surface area contributed by atoms with Crippen LogP contribution in [0.15, 0.2) is 4.47 Å². The summed E-state index contributed by atoms with van der Waals surface area (Å²) in [4.78, 5) is 0. The quantitative estimate of drug-likeness (QED) is 0.862. The molecule has 5 heteroatoms. The lowest BCUT2D eigenvalue weighted by Gasteiger charge is -2.27. The van der Waals surface area contributed by atoms with Crippen molar-refractivity contribution in [2.75, 3.05) is 13.2 Å². The fraction of sp³-hybridized carbons (Fsp3) is 0.800. The Morgan fingerprint density at radius 2 is 2.30 bits per heavy atom. The van der Waals surface area contributed by atoms with Gasteiger partial charge in [-0.15, -0.1) is 0 Å². The van der Waals surface area contributed by atoms with E-state index in [0.717, 1.165) is 36.2 Å². The van der Waals surface area contributed by atoms with Gasteiger partial charge in [0.05, 0.1) is 22.0 Å². The van der Waals surface area contributed by atoms with Crippen molar-refractivity contribution in [1.82, 2.24) is 15.1 Å². The van der Waals surface area contributed by atoms with E-state index >= 15 is 0 Å². The van der Waals surface area contributed by atoms with Gasteiger partial charge in [-0.05, 0) is 55.1 Å². The Morgan fingerprint density at radius 1 is 1.50 bits per heavy atom. The van der Waals surface area contributed by atoms with Crippen LogP contribution in [0.4, 0.5) is 0 Å². The van der Waals surface area contributed by atoms with Crippen molar-refractivity contribution in [2.24, 2.45) is 7.05 Å².